The molecule has 1 aliphatic rings. The normalized spacial score (nSPS) is 34.5. The van der Waals surface area contributed by atoms with Crippen molar-refractivity contribution in [1.82, 2.24) is 0 Å². The fourth-order valence-electron chi connectivity index (χ4n) is 0.494. The van der Waals surface area contributed by atoms with Crippen molar-refractivity contribution in [3.63, 3.8) is 0 Å². The van der Waals surface area contributed by atoms with Gasteiger partial charge in [0.25, 0.3) is 0 Å². The van der Waals surface area contributed by atoms with Crippen LogP contribution >= 0.6 is 8.20 Å². The van der Waals surface area contributed by atoms with Crippen LogP contribution in [0.15, 0.2) is 0 Å². The van der Waals surface area contributed by atoms with Gasteiger partial charge in [-0.05, 0) is 6.42 Å². The fourth-order valence-corrected chi connectivity index (χ4v) is 1.48. The predicted molar refractivity (Wildman–Crippen MR) is 30.4 cm³/mol. The topological polar surface area (TPSA) is 26.0 Å². The van der Waals surface area contributed by atoms with Crippen LogP contribution in [-0.2, 0) is 0 Å². The zero-order valence-corrected chi connectivity index (χ0v) is 4.49. The van der Waals surface area contributed by atoms with Crippen molar-refractivity contribution in [3.8, 4) is 0 Å². The predicted octanol–water partition coefficient (Wildman–Crippen LogP) is 0.466. The van der Waals surface area contributed by atoms with Gasteiger partial charge in [0.15, 0.2) is 0 Å². The molecule has 0 aromatic carbocycles. The second-order valence-electron chi connectivity index (χ2n) is 1.54. The Labute approximate surface area is 39.3 Å². The monoisotopic (exact) mass is 101 g/mol. The first-order chi connectivity index (χ1) is 2.89. The summed E-state index contributed by atoms with van der Waals surface area (Å²) in [7, 11) is 1.44. The Bertz CT molecular complexity index is 61.9. The average molecular weight is 101 g/mol. The molecule has 1 rings (SSSR count). The minimum atomic E-state index is 0.478. The molecule has 1 heterocycles. The van der Waals surface area contributed by atoms with Crippen LogP contribution in [0.1, 0.15) is 6.42 Å². The summed E-state index contributed by atoms with van der Waals surface area (Å²) in [6.45, 7) is 0. The molecule has 0 radical (unpaired) electrons. The zero-order chi connectivity index (χ0) is 4.41. The average Bonchev–Trinajstić information content (AvgIpc) is 1.86. The quantitative estimate of drug-likeness (QED) is 0.441. The first-order valence-corrected chi connectivity index (χ1v) is 3.28. The molecule has 1 aliphatic heterocycles. The Morgan fingerprint density at radius 2 is 2.67 bits per heavy atom. The molecule has 0 saturated heterocycles. The lowest BCUT2D eigenvalue weighted by molar-refractivity contribution is 0.811. The van der Waals surface area contributed by atoms with E-state index in [1.54, 1.807) is 0 Å². The van der Waals surface area contributed by atoms with Gasteiger partial charge >= 0.3 is 0 Å². The molecule has 0 amide bonds. The maximum Gasteiger partial charge on any atom is 0.0153 e. The molecule has 2 N–H and O–H groups in total. The van der Waals surface area contributed by atoms with Crippen LogP contribution < -0.4 is 5.73 Å². The van der Waals surface area contributed by atoms with Crippen molar-refractivity contribution >= 4 is 14.0 Å². The number of rotatable bonds is 0. The summed E-state index contributed by atoms with van der Waals surface area (Å²) >= 11 is 0. The van der Waals surface area contributed by atoms with Crippen molar-refractivity contribution in [2.75, 3.05) is 6.16 Å². The largest absolute Gasteiger partial charge is 0.327 e. The Kier molecular flexibility index (Phi) is 1.23. The highest BCUT2D eigenvalue weighted by Gasteiger charge is 2.01. The molecule has 2 heteroatoms. The molecule has 0 spiro atoms. The van der Waals surface area contributed by atoms with E-state index in [0.717, 1.165) is 6.42 Å². The van der Waals surface area contributed by atoms with Crippen LogP contribution in [0, 0.1) is 0 Å². The minimum absolute atomic E-state index is 0.478. The van der Waals surface area contributed by atoms with Gasteiger partial charge in [0.2, 0.25) is 0 Å². The van der Waals surface area contributed by atoms with Crippen molar-refractivity contribution in [2.45, 2.75) is 12.5 Å². The highest BCUT2D eigenvalue weighted by Crippen LogP contribution is 2.07. The molecule has 0 saturated carbocycles. The summed E-state index contributed by atoms with van der Waals surface area (Å²) in [4.78, 5) is 0. The molecule has 6 heavy (non-hydrogen) atoms. The van der Waals surface area contributed by atoms with Gasteiger partial charge < -0.3 is 5.73 Å². The van der Waals surface area contributed by atoms with E-state index in [-0.39, 0.29) is 0 Å². The lowest BCUT2D eigenvalue weighted by atomic mass is 10.3. The van der Waals surface area contributed by atoms with E-state index in [4.69, 9.17) is 5.73 Å². The van der Waals surface area contributed by atoms with Gasteiger partial charge in [0.1, 0.15) is 0 Å². The van der Waals surface area contributed by atoms with Crippen LogP contribution in [0.3, 0.4) is 0 Å². The van der Waals surface area contributed by atoms with Gasteiger partial charge in [-0.15, -0.1) is 8.20 Å². The lowest BCUT2D eigenvalue weighted by Gasteiger charge is -1.92. The third-order valence-electron chi connectivity index (χ3n) is 0.877. The van der Waals surface area contributed by atoms with Gasteiger partial charge in [-0.25, -0.2) is 0 Å². The van der Waals surface area contributed by atoms with Crippen LogP contribution in [0.4, 0.5) is 0 Å². The first kappa shape index (κ1) is 4.29. The van der Waals surface area contributed by atoms with E-state index in [0.29, 0.717) is 6.04 Å². The Morgan fingerprint density at radius 1 is 1.83 bits per heavy atom. The lowest BCUT2D eigenvalue weighted by Crippen LogP contribution is -2.17. The summed E-state index contributed by atoms with van der Waals surface area (Å²) in [6.07, 6.45) is 2.31. The van der Waals surface area contributed by atoms with E-state index >= 15 is 0 Å². The first-order valence-electron chi connectivity index (χ1n) is 2.13. The molecule has 1 atom stereocenters. The van der Waals surface area contributed by atoms with Crippen LogP contribution in [-0.4, -0.2) is 18.0 Å². The highest BCUT2D eigenvalue weighted by atomic mass is 31.1. The maximum absolute atomic E-state index is 5.50. The molecule has 0 aromatic rings. The molecular formula is C4H8NP. The molecular weight excluding hydrogens is 93.0 g/mol. The molecule has 1 unspecified atom stereocenters. The summed E-state index contributed by atoms with van der Waals surface area (Å²) in [6, 6.07) is 0.478. The molecule has 34 valence electrons. The molecule has 0 aromatic heterocycles. The summed E-state index contributed by atoms with van der Waals surface area (Å²) < 4.78 is 0. The van der Waals surface area contributed by atoms with Gasteiger partial charge in [0, 0.05) is 12.2 Å². The van der Waals surface area contributed by atoms with Crippen molar-refractivity contribution in [1.29, 1.82) is 0 Å². The maximum atomic E-state index is 5.50. The third kappa shape index (κ3) is 0.796. The Hall–Kier alpha value is 0.130. The van der Waals surface area contributed by atoms with Gasteiger partial charge in [-0.2, -0.15) is 0 Å². The molecule has 0 bridgehead atoms. The number of nitrogens with two attached hydrogens (primary N) is 1. The molecule has 1 nitrogen and oxygen atoms in total. The van der Waals surface area contributed by atoms with Crippen LogP contribution in [0.25, 0.3) is 0 Å². The van der Waals surface area contributed by atoms with Gasteiger partial charge in [-0.3, -0.25) is 0 Å². The zero-order valence-electron chi connectivity index (χ0n) is 3.59. The van der Waals surface area contributed by atoms with Crippen LogP contribution in [0.5, 0.6) is 0 Å². The standard InChI is InChI=1S/C4H8NP/c5-4-1-2-6-3-4/h2,4H,1,3,5H2. The van der Waals surface area contributed by atoms with E-state index in [9.17, 15) is 0 Å². The van der Waals surface area contributed by atoms with E-state index < -0.39 is 0 Å². The SMILES string of the molecule is NC1CC=PC1. The Balaban J connectivity index is 2.32. The second-order valence-corrected chi connectivity index (χ2v) is 2.64. The summed E-state index contributed by atoms with van der Waals surface area (Å²) in [5.74, 6) is 2.23. The minimum Gasteiger partial charge on any atom is -0.327 e. The molecule has 0 fully saturated rings. The summed E-state index contributed by atoms with van der Waals surface area (Å²) in [5.41, 5.74) is 5.50. The fraction of sp³-hybridized carbons (Fsp3) is 0.750. The van der Waals surface area contributed by atoms with E-state index in [1.165, 1.54) is 14.4 Å². The Morgan fingerprint density at radius 3 is 2.83 bits per heavy atom. The van der Waals surface area contributed by atoms with Gasteiger partial charge in [-0.1, -0.05) is 5.80 Å². The van der Waals surface area contributed by atoms with Crippen LogP contribution in [0.2, 0.25) is 0 Å². The number of hydrogen-bond donors (Lipinski definition) is 1. The van der Waals surface area contributed by atoms with Gasteiger partial charge in [0.05, 0.1) is 0 Å². The van der Waals surface area contributed by atoms with Crippen molar-refractivity contribution in [3.05, 3.63) is 0 Å². The smallest absolute Gasteiger partial charge is 0.0153 e. The summed E-state index contributed by atoms with van der Waals surface area (Å²) in [5, 5.41) is 0. The van der Waals surface area contributed by atoms with E-state index in [2.05, 4.69) is 5.80 Å². The second kappa shape index (κ2) is 1.72. The molecule has 0 aliphatic carbocycles. The number of hydrogen-bond acceptors (Lipinski definition) is 1. The highest BCUT2D eigenvalue weighted by molar-refractivity contribution is 7.39. The van der Waals surface area contributed by atoms with Crippen molar-refractivity contribution in [2.24, 2.45) is 5.73 Å². The van der Waals surface area contributed by atoms with Crippen molar-refractivity contribution < 1.29 is 0 Å². The third-order valence-corrected chi connectivity index (χ3v) is 2.03. The van der Waals surface area contributed by atoms with E-state index in [1.807, 2.05) is 0 Å².